The summed E-state index contributed by atoms with van der Waals surface area (Å²) >= 11 is 0. The number of pyridine rings is 1. The Morgan fingerprint density at radius 3 is 2.24 bits per heavy atom. The van der Waals surface area contributed by atoms with Gasteiger partial charge in [0.2, 0.25) is 5.91 Å². The van der Waals surface area contributed by atoms with E-state index in [9.17, 15) is 9.18 Å². The number of halogens is 1. The molecule has 0 bridgehead atoms. The van der Waals surface area contributed by atoms with Crippen LogP contribution in [0.15, 0.2) is 65.1 Å². The minimum Gasteiger partial charge on any atom is -0.338 e. The van der Waals surface area contributed by atoms with Gasteiger partial charge >= 0.3 is 0 Å². The molecule has 1 fully saturated rings. The van der Waals surface area contributed by atoms with Gasteiger partial charge in [-0.25, -0.2) is 9.37 Å². The number of unbranched alkanes of at least 4 members (excludes halogenated alkanes) is 4. The third-order valence-electron chi connectivity index (χ3n) is 8.80. The van der Waals surface area contributed by atoms with Gasteiger partial charge in [-0.3, -0.25) is 9.79 Å². The molecule has 2 aromatic rings. The molecule has 1 aliphatic carbocycles. The fourth-order valence-corrected chi connectivity index (χ4v) is 5.92. The van der Waals surface area contributed by atoms with Crippen LogP contribution >= 0.6 is 0 Å². The highest BCUT2D eigenvalue weighted by atomic mass is 19.1. The highest BCUT2D eigenvalue weighted by Crippen LogP contribution is 2.46. The Morgan fingerprint density at radius 1 is 1.08 bits per heavy atom. The number of carbonyl (C=O) groups excluding carboxylic acids is 1. The first-order valence-electron chi connectivity index (χ1n) is 18.8. The zero-order valence-corrected chi connectivity index (χ0v) is 32.5. The van der Waals surface area contributed by atoms with Crippen LogP contribution in [0, 0.1) is 18.8 Å². The van der Waals surface area contributed by atoms with E-state index in [1.165, 1.54) is 38.2 Å². The predicted octanol–water partition coefficient (Wildman–Crippen LogP) is 13.2. The summed E-state index contributed by atoms with van der Waals surface area (Å²) in [6.07, 6.45) is 15.9. The molecule has 49 heavy (non-hydrogen) atoms. The van der Waals surface area contributed by atoms with Crippen molar-refractivity contribution < 1.29 is 9.18 Å². The Kier molecular flexibility index (Phi) is 17.7. The van der Waals surface area contributed by atoms with E-state index in [4.69, 9.17) is 4.98 Å². The largest absolute Gasteiger partial charge is 0.338 e. The lowest BCUT2D eigenvalue weighted by atomic mass is 9.77. The summed E-state index contributed by atoms with van der Waals surface area (Å²) in [5, 5.41) is 3.19. The van der Waals surface area contributed by atoms with E-state index in [0.717, 1.165) is 65.2 Å². The molecule has 4 rings (SSSR count). The molecule has 1 N–H and O–H groups in total. The number of fused-ring (bicyclic) bond motifs is 1. The highest BCUT2D eigenvalue weighted by molar-refractivity contribution is 6.06. The Balaban J connectivity index is 0.000000656. The quantitative estimate of drug-likeness (QED) is 0.131. The van der Waals surface area contributed by atoms with Crippen molar-refractivity contribution in [1.29, 1.82) is 0 Å². The second kappa shape index (κ2) is 20.9. The number of nitrogens with zero attached hydrogens (tertiary/aromatic N) is 3. The van der Waals surface area contributed by atoms with Gasteiger partial charge in [0.25, 0.3) is 0 Å². The molecule has 1 aliphatic heterocycles. The number of amides is 1. The lowest BCUT2D eigenvalue weighted by Gasteiger charge is -2.41. The monoisotopic (exact) mass is 673 g/mol. The third kappa shape index (κ3) is 12.1. The topological polar surface area (TPSA) is 57.6 Å². The van der Waals surface area contributed by atoms with Gasteiger partial charge in [-0.1, -0.05) is 111 Å². The smallest absolute Gasteiger partial charge is 0.234 e. The summed E-state index contributed by atoms with van der Waals surface area (Å²) in [4.78, 5) is 24.8. The van der Waals surface area contributed by atoms with Gasteiger partial charge in [0.15, 0.2) is 0 Å². The summed E-state index contributed by atoms with van der Waals surface area (Å²) in [6.45, 7) is 26.6. The molecule has 1 unspecified atom stereocenters. The van der Waals surface area contributed by atoms with Crippen molar-refractivity contribution >= 4 is 29.3 Å². The van der Waals surface area contributed by atoms with Gasteiger partial charge in [-0.15, -0.1) is 0 Å². The van der Waals surface area contributed by atoms with Crippen LogP contribution in [-0.4, -0.2) is 23.1 Å². The molecule has 0 saturated heterocycles. The molecule has 5 nitrogen and oxygen atoms in total. The molecule has 1 amide bonds. The summed E-state index contributed by atoms with van der Waals surface area (Å²) in [6, 6.07) is 8.38. The zero-order valence-electron chi connectivity index (χ0n) is 32.5. The molecule has 2 aliphatic rings. The summed E-state index contributed by atoms with van der Waals surface area (Å²) < 4.78 is 14.7. The van der Waals surface area contributed by atoms with Crippen molar-refractivity contribution in [2.24, 2.45) is 16.8 Å². The van der Waals surface area contributed by atoms with Crippen molar-refractivity contribution in [2.45, 2.75) is 146 Å². The number of benzene rings is 1. The predicted molar refractivity (Wildman–Crippen MR) is 212 cm³/mol. The third-order valence-corrected chi connectivity index (χ3v) is 8.80. The molecule has 1 aromatic carbocycles. The fourth-order valence-electron chi connectivity index (χ4n) is 5.92. The van der Waals surface area contributed by atoms with Crippen molar-refractivity contribution in [3.8, 4) is 11.3 Å². The maximum atomic E-state index is 14.7. The van der Waals surface area contributed by atoms with E-state index in [2.05, 4.69) is 70.6 Å². The number of carbonyl (C=O) groups is 1. The molecule has 0 radical (unpaired) electrons. The van der Waals surface area contributed by atoms with E-state index < -0.39 is 5.83 Å². The standard InChI is InChI=1S/C32H39FN4O.C7H16.C4H10/c1-8-13-34-27-18-28(35-31(21(27)7)36-29(14-19(4)5)26(33)10-3)23-11-12-25-20(6)32(38)37(30(25)17-23)24-15-22(9-2)16-24;1-3-5-7-6-4-2;1-4(2)3/h10-14,17-18,20,22,24H,3,8-9,15-16H2,1-2,4-7H3,(H,35,36);3-7H2,1-2H3;4H,1-3H3/b29-26-,34-13?;;. The van der Waals surface area contributed by atoms with E-state index in [0.29, 0.717) is 23.1 Å². The van der Waals surface area contributed by atoms with Gasteiger partial charge < -0.3 is 10.2 Å². The van der Waals surface area contributed by atoms with E-state index in [1.54, 1.807) is 6.08 Å². The van der Waals surface area contributed by atoms with E-state index in [-0.39, 0.29) is 17.9 Å². The number of hydrogen-bond donors (Lipinski definition) is 1. The van der Waals surface area contributed by atoms with Gasteiger partial charge in [0.1, 0.15) is 11.6 Å². The molecule has 270 valence electrons. The first kappa shape index (κ1) is 41.6. The molecular formula is C43H65FN4O. The van der Waals surface area contributed by atoms with Crippen LogP contribution in [0.5, 0.6) is 0 Å². The number of nitrogens with one attached hydrogen (secondary N) is 1. The van der Waals surface area contributed by atoms with Crippen LogP contribution in [-0.2, 0) is 4.79 Å². The van der Waals surface area contributed by atoms with E-state index in [1.807, 2.05) is 57.9 Å². The number of anilines is 2. The van der Waals surface area contributed by atoms with Crippen molar-refractivity contribution in [3.63, 3.8) is 0 Å². The summed E-state index contributed by atoms with van der Waals surface area (Å²) in [7, 11) is 0. The van der Waals surface area contributed by atoms with Crippen LogP contribution in [0.1, 0.15) is 144 Å². The summed E-state index contributed by atoms with van der Waals surface area (Å²) in [5.74, 6) is 1.64. The number of rotatable bonds is 13. The maximum Gasteiger partial charge on any atom is 0.234 e. The Labute approximate surface area is 298 Å². The minimum absolute atomic E-state index is 0.147. The molecule has 2 heterocycles. The second-order valence-corrected chi connectivity index (χ2v) is 14.4. The molecule has 0 spiro atoms. The second-order valence-electron chi connectivity index (χ2n) is 14.4. The molecule has 1 atom stereocenters. The molecule has 1 aromatic heterocycles. The maximum absolute atomic E-state index is 14.7. The van der Waals surface area contributed by atoms with Gasteiger partial charge in [-0.05, 0) is 88.6 Å². The van der Waals surface area contributed by atoms with Gasteiger partial charge in [-0.2, -0.15) is 0 Å². The number of hydrogen-bond acceptors (Lipinski definition) is 4. The normalized spacial score (nSPS) is 18.5. The first-order valence-corrected chi connectivity index (χ1v) is 18.8. The zero-order chi connectivity index (χ0) is 36.7. The summed E-state index contributed by atoms with van der Waals surface area (Å²) in [5.41, 5.74) is 6.49. The Morgan fingerprint density at radius 2 is 1.71 bits per heavy atom. The minimum atomic E-state index is -0.456. The van der Waals surface area contributed by atoms with Crippen molar-refractivity contribution in [3.05, 3.63) is 71.2 Å². The first-order chi connectivity index (χ1) is 23.3. The van der Waals surface area contributed by atoms with Gasteiger partial charge in [0.05, 0.1) is 23.0 Å². The average Bonchev–Trinajstić information content (AvgIpc) is 3.28. The SMILES string of the molecule is C=C/C(F)=C(\C=C(C)C)Nc1nc(-c2ccc3c(c2)N(C2CC(CC)C2)C(=O)C3C)cc(N=CCC)c1C.CC(C)C.CCCCCCC. The molecule has 6 heteroatoms. The lowest BCUT2D eigenvalue weighted by molar-refractivity contribution is -0.120. The highest BCUT2D eigenvalue weighted by Gasteiger charge is 2.43. The molecular weight excluding hydrogens is 607 g/mol. The van der Waals surface area contributed by atoms with Crippen LogP contribution in [0.3, 0.4) is 0 Å². The van der Waals surface area contributed by atoms with Crippen molar-refractivity contribution in [1.82, 2.24) is 4.98 Å². The van der Waals surface area contributed by atoms with E-state index >= 15 is 0 Å². The fraction of sp³-hybridized carbons (Fsp3) is 0.558. The number of aliphatic imine (C=N–C) groups is 1. The lowest BCUT2D eigenvalue weighted by Crippen LogP contribution is -2.46. The number of aromatic nitrogens is 1. The van der Waals surface area contributed by atoms with Gasteiger partial charge in [0, 0.05) is 29.1 Å². The Hall–Kier alpha value is -3.54. The number of allylic oxidation sites excluding steroid dienone is 4. The molecule has 1 saturated carbocycles. The van der Waals surface area contributed by atoms with Crippen LogP contribution in [0.2, 0.25) is 0 Å². The Bertz CT molecular complexity index is 1450. The van der Waals surface area contributed by atoms with Crippen LogP contribution in [0.4, 0.5) is 21.6 Å². The average molecular weight is 673 g/mol. The van der Waals surface area contributed by atoms with Crippen LogP contribution in [0.25, 0.3) is 11.3 Å². The van der Waals surface area contributed by atoms with Crippen molar-refractivity contribution in [2.75, 3.05) is 10.2 Å². The van der Waals surface area contributed by atoms with Crippen LogP contribution < -0.4 is 10.2 Å².